The zero-order valence-corrected chi connectivity index (χ0v) is 8.91. The summed E-state index contributed by atoms with van der Waals surface area (Å²) in [5, 5.41) is 0. The first-order valence-corrected chi connectivity index (χ1v) is 5.22. The van der Waals surface area contributed by atoms with Gasteiger partial charge < -0.3 is 4.74 Å². The van der Waals surface area contributed by atoms with Gasteiger partial charge in [-0.3, -0.25) is 9.59 Å². The van der Waals surface area contributed by atoms with E-state index in [0.717, 1.165) is 19.3 Å². The van der Waals surface area contributed by atoms with Crippen molar-refractivity contribution in [2.45, 2.75) is 32.6 Å². The average Bonchev–Trinajstić information content (AvgIpc) is 2.10. The normalized spacial score (nSPS) is 18.7. The highest BCUT2D eigenvalue weighted by Gasteiger charge is 2.31. The Bertz CT molecular complexity index is 219. The van der Waals surface area contributed by atoms with Crippen LogP contribution in [0.4, 0.5) is 0 Å². The third-order valence-electron chi connectivity index (χ3n) is 2.97. The van der Waals surface area contributed by atoms with E-state index in [-0.39, 0.29) is 17.5 Å². The van der Waals surface area contributed by atoms with Gasteiger partial charge in [0, 0.05) is 19.4 Å². The third kappa shape index (κ3) is 2.64. The van der Waals surface area contributed by atoms with Gasteiger partial charge >= 0.3 is 0 Å². The molecule has 0 aliphatic heterocycles. The van der Waals surface area contributed by atoms with E-state index in [2.05, 4.69) is 0 Å². The first-order chi connectivity index (χ1) is 6.66. The fourth-order valence-electron chi connectivity index (χ4n) is 1.62. The molecular formula is C11H18O3. The number of carbonyl (C=O) groups is 2. The molecule has 1 aliphatic carbocycles. The molecule has 0 amide bonds. The molecule has 0 spiro atoms. The van der Waals surface area contributed by atoms with Crippen molar-refractivity contribution in [3.05, 3.63) is 0 Å². The van der Waals surface area contributed by atoms with Gasteiger partial charge in [0.2, 0.25) is 0 Å². The van der Waals surface area contributed by atoms with E-state index >= 15 is 0 Å². The molecule has 0 heterocycles. The van der Waals surface area contributed by atoms with Crippen LogP contribution in [-0.2, 0) is 14.3 Å². The second-order valence-electron chi connectivity index (χ2n) is 3.96. The van der Waals surface area contributed by atoms with Crippen molar-refractivity contribution < 1.29 is 14.3 Å². The van der Waals surface area contributed by atoms with Gasteiger partial charge in [-0.2, -0.15) is 0 Å². The van der Waals surface area contributed by atoms with E-state index in [9.17, 15) is 9.59 Å². The highest BCUT2D eigenvalue weighted by Crippen LogP contribution is 2.29. The number of hydrogen-bond donors (Lipinski definition) is 0. The molecule has 0 aromatic carbocycles. The van der Waals surface area contributed by atoms with Crippen LogP contribution in [-0.4, -0.2) is 25.3 Å². The highest BCUT2D eigenvalue weighted by atomic mass is 16.5. The summed E-state index contributed by atoms with van der Waals surface area (Å²) in [4.78, 5) is 23.2. The Morgan fingerprint density at radius 1 is 1.43 bits per heavy atom. The van der Waals surface area contributed by atoms with Crippen LogP contribution >= 0.6 is 0 Å². The number of ether oxygens (including phenoxy) is 1. The van der Waals surface area contributed by atoms with Gasteiger partial charge in [0.15, 0.2) is 0 Å². The Kier molecular flexibility index (Phi) is 4.26. The van der Waals surface area contributed by atoms with Crippen molar-refractivity contribution >= 4 is 11.6 Å². The Balaban J connectivity index is 2.34. The lowest BCUT2D eigenvalue weighted by Crippen LogP contribution is -2.31. The molecule has 0 radical (unpaired) electrons. The Morgan fingerprint density at radius 2 is 2.07 bits per heavy atom. The van der Waals surface area contributed by atoms with Crippen molar-refractivity contribution in [3.63, 3.8) is 0 Å². The van der Waals surface area contributed by atoms with Gasteiger partial charge in [-0.25, -0.2) is 0 Å². The number of methoxy groups -OCH3 is 1. The maximum atomic E-state index is 11.7. The second-order valence-corrected chi connectivity index (χ2v) is 3.96. The Morgan fingerprint density at radius 3 is 2.50 bits per heavy atom. The summed E-state index contributed by atoms with van der Waals surface area (Å²) in [7, 11) is 1.56. The highest BCUT2D eigenvalue weighted by molar-refractivity contribution is 6.03. The zero-order chi connectivity index (χ0) is 10.6. The molecule has 1 saturated carbocycles. The van der Waals surface area contributed by atoms with Crippen molar-refractivity contribution in [2.75, 3.05) is 13.7 Å². The minimum Gasteiger partial charge on any atom is -0.384 e. The third-order valence-corrected chi connectivity index (χ3v) is 2.97. The summed E-state index contributed by atoms with van der Waals surface area (Å²) in [5.41, 5.74) is 0. The molecule has 0 aromatic rings. The minimum atomic E-state index is -0.421. The van der Waals surface area contributed by atoms with Crippen LogP contribution in [0.1, 0.15) is 32.6 Å². The predicted octanol–water partition coefficient (Wildman–Crippen LogP) is 1.60. The van der Waals surface area contributed by atoms with E-state index in [4.69, 9.17) is 4.74 Å². The largest absolute Gasteiger partial charge is 0.384 e. The summed E-state index contributed by atoms with van der Waals surface area (Å²) in [5.74, 6) is -0.104. The van der Waals surface area contributed by atoms with Crippen molar-refractivity contribution in [1.29, 1.82) is 0 Å². The predicted molar refractivity (Wildman–Crippen MR) is 53.0 cm³/mol. The van der Waals surface area contributed by atoms with E-state index in [1.54, 1.807) is 14.0 Å². The fourth-order valence-corrected chi connectivity index (χ4v) is 1.62. The molecule has 14 heavy (non-hydrogen) atoms. The molecule has 3 heteroatoms. The van der Waals surface area contributed by atoms with Crippen molar-refractivity contribution in [1.82, 2.24) is 0 Å². The maximum absolute atomic E-state index is 11.7. The molecule has 0 bridgehead atoms. The summed E-state index contributed by atoms with van der Waals surface area (Å²) >= 11 is 0. The lowest BCUT2D eigenvalue weighted by Gasteiger charge is -2.26. The first kappa shape index (κ1) is 11.4. The van der Waals surface area contributed by atoms with E-state index < -0.39 is 5.92 Å². The standard InChI is InChI=1S/C11H18O3/c1-8(10(12)6-7-14-2)11(13)9-4-3-5-9/h8-9H,3-7H2,1-2H3. The number of rotatable bonds is 6. The van der Waals surface area contributed by atoms with Gasteiger partial charge in [0.25, 0.3) is 0 Å². The average molecular weight is 198 g/mol. The van der Waals surface area contributed by atoms with Crippen molar-refractivity contribution in [2.24, 2.45) is 11.8 Å². The van der Waals surface area contributed by atoms with Crippen molar-refractivity contribution in [3.8, 4) is 0 Å². The lowest BCUT2D eigenvalue weighted by atomic mass is 9.77. The Hall–Kier alpha value is -0.700. The summed E-state index contributed by atoms with van der Waals surface area (Å²) in [6.07, 6.45) is 3.44. The van der Waals surface area contributed by atoms with Crippen LogP contribution in [0.5, 0.6) is 0 Å². The number of carbonyl (C=O) groups excluding carboxylic acids is 2. The fraction of sp³-hybridized carbons (Fsp3) is 0.818. The molecule has 1 rings (SSSR count). The topological polar surface area (TPSA) is 43.4 Å². The zero-order valence-electron chi connectivity index (χ0n) is 8.91. The molecule has 0 saturated heterocycles. The summed E-state index contributed by atoms with van der Waals surface area (Å²) < 4.78 is 4.81. The van der Waals surface area contributed by atoms with Gasteiger partial charge in [-0.15, -0.1) is 0 Å². The SMILES string of the molecule is COCCC(=O)C(C)C(=O)C1CCC1. The smallest absolute Gasteiger partial charge is 0.146 e. The molecule has 1 aliphatic rings. The van der Waals surface area contributed by atoms with Gasteiger partial charge in [0.1, 0.15) is 11.6 Å². The summed E-state index contributed by atoms with van der Waals surface area (Å²) in [6, 6.07) is 0. The second kappa shape index (κ2) is 5.25. The summed E-state index contributed by atoms with van der Waals surface area (Å²) in [6.45, 7) is 2.14. The molecule has 1 unspecified atom stereocenters. The van der Waals surface area contributed by atoms with Gasteiger partial charge in [-0.1, -0.05) is 6.42 Å². The quantitative estimate of drug-likeness (QED) is 0.609. The molecule has 3 nitrogen and oxygen atoms in total. The van der Waals surface area contributed by atoms with Gasteiger partial charge in [0.05, 0.1) is 12.5 Å². The van der Waals surface area contributed by atoms with Crippen LogP contribution in [0.3, 0.4) is 0 Å². The van der Waals surface area contributed by atoms with Gasteiger partial charge in [-0.05, 0) is 19.8 Å². The van der Waals surface area contributed by atoms with E-state index in [0.29, 0.717) is 13.0 Å². The van der Waals surface area contributed by atoms with Crippen LogP contribution in [0.2, 0.25) is 0 Å². The van der Waals surface area contributed by atoms with Crippen LogP contribution in [0, 0.1) is 11.8 Å². The van der Waals surface area contributed by atoms with Crippen LogP contribution < -0.4 is 0 Å². The molecule has 1 atom stereocenters. The van der Waals surface area contributed by atoms with Crippen LogP contribution in [0.25, 0.3) is 0 Å². The van der Waals surface area contributed by atoms with E-state index in [1.165, 1.54) is 0 Å². The molecule has 1 fully saturated rings. The minimum absolute atomic E-state index is 0.0174. The maximum Gasteiger partial charge on any atom is 0.146 e. The number of hydrogen-bond acceptors (Lipinski definition) is 3. The molecule has 0 N–H and O–H groups in total. The Labute approximate surface area is 84.8 Å². The molecule has 80 valence electrons. The van der Waals surface area contributed by atoms with Crippen LogP contribution in [0.15, 0.2) is 0 Å². The number of Topliss-reactive ketones (excluding diaryl/α,β-unsaturated/α-hetero) is 2. The number of ketones is 2. The van der Waals surface area contributed by atoms with E-state index in [1.807, 2.05) is 0 Å². The lowest BCUT2D eigenvalue weighted by molar-refractivity contribution is -0.136. The first-order valence-electron chi connectivity index (χ1n) is 5.22. The monoisotopic (exact) mass is 198 g/mol. The molecular weight excluding hydrogens is 180 g/mol. The molecule has 0 aromatic heterocycles.